The van der Waals surface area contributed by atoms with Gasteiger partial charge in [-0.3, -0.25) is 0 Å². The molecule has 0 aromatic heterocycles. The van der Waals surface area contributed by atoms with Crippen LogP contribution in [0.25, 0.3) is 0 Å². The van der Waals surface area contributed by atoms with E-state index in [1.807, 2.05) is 0 Å². The molecule has 0 saturated carbocycles. The Morgan fingerprint density at radius 2 is 2.00 bits per heavy atom. The first-order chi connectivity index (χ1) is 2.27. The molecule has 0 radical (unpaired) electrons. The minimum atomic E-state index is 0. The summed E-state index contributed by atoms with van der Waals surface area (Å²) < 4.78 is 0.369. The maximum absolute atomic E-state index is 4.91. The smallest absolute Gasteiger partial charge is 0.141 e. The van der Waals surface area contributed by atoms with Crippen LogP contribution in [-0.2, 0) is 21.1 Å². The first kappa shape index (κ1) is 10.3. The van der Waals surface area contributed by atoms with Crippen LogP contribution in [0.4, 0.5) is 0 Å². The van der Waals surface area contributed by atoms with E-state index in [0.717, 1.165) is 10.8 Å². The third-order valence-electron chi connectivity index (χ3n) is 0.0900. The van der Waals surface area contributed by atoms with Gasteiger partial charge in [-0.2, -0.15) is 0 Å². The normalized spacial score (nSPS) is 6.17. The molecular formula is CH3MoNS3. The molecule has 0 aliphatic carbocycles. The van der Waals surface area contributed by atoms with E-state index in [1.54, 1.807) is 0 Å². The largest absolute Gasteiger partial charge is 0.384 e. The van der Waals surface area contributed by atoms with Crippen LogP contribution in [0.2, 0.25) is 0 Å². The Morgan fingerprint density at radius 1 is 1.83 bits per heavy atom. The Bertz CT molecular complexity index is 46.1. The van der Waals surface area contributed by atoms with E-state index in [4.69, 9.17) is 5.73 Å². The molecule has 0 aliphatic heterocycles. The van der Waals surface area contributed by atoms with Crippen molar-refractivity contribution in [2.45, 2.75) is 0 Å². The minimum absolute atomic E-state index is 0. The molecule has 36 valence electrons. The van der Waals surface area contributed by atoms with Crippen LogP contribution in [0.3, 0.4) is 0 Å². The Labute approximate surface area is 65.5 Å². The third-order valence-corrected chi connectivity index (χ3v) is 1.48. The monoisotopic (exact) mass is 223 g/mol. The quantitative estimate of drug-likeness (QED) is 0.274. The molecule has 5 heteroatoms. The van der Waals surface area contributed by atoms with Crippen molar-refractivity contribution >= 4 is 39.0 Å². The van der Waals surface area contributed by atoms with Gasteiger partial charge in [0.25, 0.3) is 0 Å². The maximum Gasteiger partial charge on any atom is 0.141 e. The summed E-state index contributed by atoms with van der Waals surface area (Å²) in [6.07, 6.45) is 0. The average molecular weight is 221 g/mol. The number of rotatable bonds is 0. The molecule has 0 aromatic rings. The SMILES string of the molecule is NC(=S)SS.[Mo]. The average Bonchev–Trinajstić information content (AvgIpc) is 1.38. The summed E-state index contributed by atoms with van der Waals surface area (Å²) in [5.74, 6) is 0. The summed E-state index contributed by atoms with van der Waals surface area (Å²) >= 11 is 8.03. The minimum Gasteiger partial charge on any atom is -0.384 e. The maximum atomic E-state index is 4.91. The van der Waals surface area contributed by atoms with Gasteiger partial charge in [-0.1, -0.05) is 12.2 Å². The number of hydrogen-bond donors (Lipinski definition) is 2. The van der Waals surface area contributed by atoms with Crippen LogP contribution >= 0.6 is 34.7 Å². The first-order valence-electron chi connectivity index (χ1n) is 0.879. The van der Waals surface area contributed by atoms with Crippen LogP contribution in [-0.4, -0.2) is 4.32 Å². The van der Waals surface area contributed by atoms with Gasteiger partial charge in [0.15, 0.2) is 0 Å². The zero-order valence-corrected chi connectivity index (χ0v) is 7.28. The molecule has 0 rings (SSSR count). The van der Waals surface area contributed by atoms with E-state index in [2.05, 4.69) is 23.9 Å². The molecule has 0 spiro atoms. The molecule has 6 heavy (non-hydrogen) atoms. The van der Waals surface area contributed by atoms with Crippen LogP contribution in [0, 0.1) is 0 Å². The molecule has 0 saturated heterocycles. The topological polar surface area (TPSA) is 26.0 Å². The summed E-state index contributed by atoms with van der Waals surface area (Å²) in [5.41, 5.74) is 4.91. The molecule has 0 amide bonds. The molecule has 0 aromatic carbocycles. The van der Waals surface area contributed by atoms with E-state index in [9.17, 15) is 0 Å². The Kier molecular flexibility index (Phi) is 10.8. The summed E-state index contributed by atoms with van der Waals surface area (Å²) in [6, 6.07) is 0. The predicted molar refractivity (Wildman–Crippen MR) is 33.4 cm³/mol. The molecule has 1 nitrogen and oxygen atoms in total. The second-order valence-corrected chi connectivity index (χ2v) is 2.28. The van der Waals surface area contributed by atoms with E-state index in [-0.39, 0.29) is 21.1 Å². The summed E-state index contributed by atoms with van der Waals surface area (Å²) in [7, 11) is 1.08. The number of thiol groups is 1. The van der Waals surface area contributed by atoms with Gasteiger partial charge in [-0.25, -0.2) is 0 Å². The standard InChI is InChI=1S/CH3NS3.Mo/c2-1(3)5-4;/h4H,(H2,2,3);. The number of thiocarbonyl (C=S) groups is 1. The van der Waals surface area contributed by atoms with Crippen molar-refractivity contribution in [3.63, 3.8) is 0 Å². The van der Waals surface area contributed by atoms with E-state index < -0.39 is 0 Å². The van der Waals surface area contributed by atoms with Crippen molar-refractivity contribution in [1.29, 1.82) is 0 Å². The van der Waals surface area contributed by atoms with Gasteiger partial charge < -0.3 is 5.73 Å². The van der Waals surface area contributed by atoms with Crippen molar-refractivity contribution < 1.29 is 21.1 Å². The molecule has 0 unspecified atom stereocenters. The summed E-state index contributed by atoms with van der Waals surface area (Å²) in [5, 5.41) is 0. The second-order valence-electron chi connectivity index (χ2n) is 0.410. The third kappa shape index (κ3) is 8.99. The molecular weight excluding hydrogens is 218 g/mol. The molecule has 0 bridgehead atoms. The van der Waals surface area contributed by atoms with Gasteiger partial charge in [0.05, 0.1) is 0 Å². The second kappa shape index (κ2) is 6.28. The van der Waals surface area contributed by atoms with E-state index in [1.165, 1.54) is 0 Å². The zero-order valence-electron chi connectivity index (χ0n) is 2.75. The van der Waals surface area contributed by atoms with Crippen LogP contribution < -0.4 is 5.73 Å². The molecule has 0 fully saturated rings. The Morgan fingerprint density at radius 3 is 2.00 bits per heavy atom. The fourth-order valence-corrected chi connectivity index (χ4v) is 0. The molecule has 0 aliphatic rings. The fraction of sp³-hybridized carbons (Fsp3) is 0. The fourth-order valence-electron chi connectivity index (χ4n) is 0. The van der Waals surface area contributed by atoms with Gasteiger partial charge in [-0.05, 0) is 10.8 Å². The molecule has 2 N–H and O–H groups in total. The van der Waals surface area contributed by atoms with Gasteiger partial charge >= 0.3 is 0 Å². The van der Waals surface area contributed by atoms with Gasteiger partial charge in [-0.15, -0.1) is 11.7 Å². The predicted octanol–water partition coefficient (Wildman–Crippen LogP) is 0.806. The van der Waals surface area contributed by atoms with Crippen molar-refractivity contribution in [1.82, 2.24) is 0 Å². The first-order valence-corrected chi connectivity index (χ1v) is 3.16. The van der Waals surface area contributed by atoms with Crippen LogP contribution in [0.15, 0.2) is 0 Å². The van der Waals surface area contributed by atoms with Gasteiger partial charge in [0.1, 0.15) is 4.32 Å². The summed E-state index contributed by atoms with van der Waals surface area (Å²) in [6.45, 7) is 0. The van der Waals surface area contributed by atoms with E-state index in [0.29, 0.717) is 4.32 Å². The van der Waals surface area contributed by atoms with Crippen LogP contribution in [0.1, 0.15) is 0 Å². The number of nitrogens with two attached hydrogens (primary N) is 1. The van der Waals surface area contributed by atoms with Crippen molar-refractivity contribution in [3.8, 4) is 0 Å². The Balaban J connectivity index is 0. The Hall–Kier alpha value is 1.28. The van der Waals surface area contributed by atoms with Gasteiger partial charge in [0.2, 0.25) is 0 Å². The molecule has 0 atom stereocenters. The van der Waals surface area contributed by atoms with Crippen molar-refractivity contribution in [2.24, 2.45) is 5.73 Å². The van der Waals surface area contributed by atoms with Crippen molar-refractivity contribution in [3.05, 3.63) is 0 Å². The van der Waals surface area contributed by atoms with Crippen LogP contribution in [0.5, 0.6) is 0 Å². The van der Waals surface area contributed by atoms with Gasteiger partial charge in [0, 0.05) is 21.1 Å². The summed E-state index contributed by atoms with van der Waals surface area (Å²) in [4.78, 5) is 0. The molecule has 0 heterocycles. The van der Waals surface area contributed by atoms with E-state index >= 15 is 0 Å². The number of hydrogen-bond acceptors (Lipinski definition) is 3. The van der Waals surface area contributed by atoms with Crippen molar-refractivity contribution in [2.75, 3.05) is 0 Å². The zero-order chi connectivity index (χ0) is 4.28.